The van der Waals surface area contributed by atoms with Gasteiger partial charge in [-0.2, -0.15) is 0 Å². The van der Waals surface area contributed by atoms with Gasteiger partial charge in [0.1, 0.15) is 23.1 Å². The topological polar surface area (TPSA) is 147 Å². The van der Waals surface area contributed by atoms with Gasteiger partial charge in [0.2, 0.25) is 10.0 Å². The molecule has 0 radical (unpaired) electrons. The first-order chi connectivity index (χ1) is 22.8. The average molecular weight is 752 g/mol. The van der Waals surface area contributed by atoms with E-state index in [1.165, 1.54) is 0 Å². The van der Waals surface area contributed by atoms with Crippen molar-refractivity contribution in [1.29, 1.82) is 0 Å². The highest BCUT2D eigenvalue weighted by atomic mass is 35.5. The third-order valence-corrected chi connectivity index (χ3v) is 8.59. The fraction of sp³-hybridized carbons (Fsp3) is 0.265. The van der Waals surface area contributed by atoms with Gasteiger partial charge < -0.3 is 20.7 Å². The number of benzene rings is 3. The van der Waals surface area contributed by atoms with Crippen molar-refractivity contribution in [3.05, 3.63) is 113 Å². The first kappa shape index (κ1) is 39.9. The van der Waals surface area contributed by atoms with Crippen molar-refractivity contribution in [2.75, 3.05) is 29.4 Å². The van der Waals surface area contributed by atoms with Crippen LogP contribution in [0.1, 0.15) is 40.0 Å². The van der Waals surface area contributed by atoms with Gasteiger partial charge in [-0.3, -0.25) is 19.4 Å². The van der Waals surface area contributed by atoms with Gasteiger partial charge in [-0.15, -0.1) is 24.8 Å². The van der Waals surface area contributed by atoms with E-state index >= 15 is 0 Å². The number of ether oxygens (including phenoxy) is 1. The molecule has 1 aromatic heterocycles. The summed E-state index contributed by atoms with van der Waals surface area (Å²) in [6.07, 6.45) is 4.02. The Bertz CT molecular complexity index is 1900. The van der Waals surface area contributed by atoms with Crippen molar-refractivity contribution in [1.82, 2.24) is 14.8 Å². The molecular formula is C34H38Cl2F2N6O5S. The number of piperidine rings is 1. The largest absolute Gasteiger partial charge is 0.457 e. The SMILES string of the molecule is Cc1cccnc1CN(C(=O)Nc1cc(C(N)=O)c(F)cc1F)C1CCN(Cc2ccc(Oc3ccc(NS(C)(=O)=O)cc3)cc2)CC1.Cl.Cl. The van der Waals surface area contributed by atoms with Crippen LogP contribution in [0.25, 0.3) is 0 Å². The molecule has 0 bridgehead atoms. The summed E-state index contributed by atoms with van der Waals surface area (Å²) in [7, 11) is -3.36. The number of aromatic nitrogens is 1. The average Bonchev–Trinajstić information content (AvgIpc) is 3.03. The number of sulfonamides is 1. The fourth-order valence-electron chi connectivity index (χ4n) is 5.48. The van der Waals surface area contributed by atoms with E-state index in [0.29, 0.717) is 61.4 Å². The van der Waals surface area contributed by atoms with E-state index in [4.69, 9.17) is 10.5 Å². The lowest BCUT2D eigenvalue weighted by Gasteiger charge is -2.38. The molecule has 5 rings (SSSR count). The summed E-state index contributed by atoms with van der Waals surface area (Å²) in [4.78, 5) is 33.6. The zero-order chi connectivity index (χ0) is 34.4. The molecule has 0 saturated carbocycles. The maximum atomic E-state index is 14.6. The van der Waals surface area contributed by atoms with Gasteiger partial charge in [0.15, 0.2) is 0 Å². The predicted octanol–water partition coefficient (Wildman–Crippen LogP) is 6.47. The third-order valence-electron chi connectivity index (χ3n) is 7.98. The van der Waals surface area contributed by atoms with Crippen LogP contribution >= 0.6 is 24.8 Å². The third kappa shape index (κ3) is 10.7. The summed E-state index contributed by atoms with van der Waals surface area (Å²) in [6.45, 7) is 4.14. The van der Waals surface area contributed by atoms with Crippen molar-refractivity contribution in [2.24, 2.45) is 5.73 Å². The molecule has 0 unspecified atom stereocenters. The van der Waals surface area contributed by atoms with E-state index in [0.717, 1.165) is 23.4 Å². The van der Waals surface area contributed by atoms with Crippen molar-refractivity contribution < 1.29 is 31.5 Å². The standard InChI is InChI=1S/C34H36F2N6O5S.2ClH/c1-22-4-3-15-38-32(22)21-42(34(44)39-31-18-28(33(37)43)29(35)19-30(31)36)25-13-16-41(17-14-25)20-23-5-9-26(10-6-23)47-27-11-7-24(8-12-27)40-48(2,45)46;;/h3-12,15,18-19,25,40H,13-14,16-17,20-21H2,1-2H3,(H2,37,43)(H,39,44);2*1H. The van der Waals surface area contributed by atoms with Crippen LogP contribution in [0, 0.1) is 18.6 Å². The molecule has 268 valence electrons. The van der Waals surface area contributed by atoms with Gasteiger partial charge in [-0.05, 0) is 79.4 Å². The number of nitrogens with two attached hydrogens (primary N) is 1. The molecule has 0 spiro atoms. The minimum atomic E-state index is -3.36. The Morgan fingerprint density at radius 3 is 2.18 bits per heavy atom. The minimum Gasteiger partial charge on any atom is -0.457 e. The molecule has 1 aliphatic rings. The number of carbonyl (C=O) groups is 2. The first-order valence-electron chi connectivity index (χ1n) is 15.2. The second-order valence-corrected chi connectivity index (χ2v) is 13.4. The molecular weight excluding hydrogens is 713 g/mol. The molecule has 1 aliphatic heterocycles. The second kappa shape index (κ2) is 17.4. The summed E-state index contributed by atoms with van der Waals surface area (Å²) in [6, 6.07) is 18.6. The number of amides is 3. The van der Waals surface area contributed by atoms with Gasteiger partial charge in [0.05, 0.1) is 29.7 Å². The number of urea groups is 1. The van der Waals surface area contributed by atoms with Gasteiger partial charge in [0, 0.05) is 43.6 Å². The number of hydrogen-bond acceptors (Lipinski definition) is 7. The highest BCUT2D eigenvalue weighted by Crippen LogP contribution is 2.27. The monoisotopic (exact) mass is 750 g/mol. The number of carbonyl (C=O) groups excluding carboxylic acids is 2. The summed E-state index contributed by atoms with van der Waals surface area (Å²) in [5.41, 5.74) is 7.46. The molecule has 0 aliphatic carbocycles. The molecule has 3 amide bonds. The lowest BCUT2D eigenvalue weighted by atomic mass is 10.0. The molecule has 4 aromatic rings. The van der Waals surface area contributed by atoms with E-state index < -0.39 is 39.2 Å². The molecule has 1 saturated heterocycles. The fourth-order valence-corrected chi connectivity index (χ4v) is 6.05. The van der Waals surface area contributed by atoms with Crippen molar-refractivity contribution in [3.8, 4) is 11.5 Å². The highest BCUT2D eigenvalue weighted by molar-refractivity contribution is 7.92. The number of aryl methyl sites for hydroxylation is 1. The Kier molecular flexibility index (Phi) is 13.9. The lowest BCUT2D eigenvalue weighted by molar-refractivity contribution is 0.0996. The van der Waals surface area contributed by atoms with Gasteiger partial charge in [-0.25, -0.2) is 22.0 Å². The number of halogens is 4. The van der Waals surface area contributed by atoms with Crippen molar-refractivity contribution in [2.45, 2.75) is 38.9 Å². The summed E-state index contributed by atoms with van der Waals surface area (Å²) in [5, 5.41) is 2.51. The molecule has 50 heavy (non-hydrogen) atoms. The number of nitrogens with one attached hydrogen (secondary N) is 2. The number of nitrogens with zero attached hydrogens (tertiary/aromatic N) is 3. The van der Waals surface area contributed by atoms with E-state index in [9.17, 15) is 26.8 Å². The molecule has 16 heteroatoms. The maximum absolute atomic E-state index is 14.6. The minimum absolute atomic E-state index is 0. The van der Waals surface area contributed by atoms with Crippen LogP contribution in [0.2, 0.25) is 0 Å². The van der Waals surface area contributed by atoms with Crippen LogP contribution in [0.3, 0.4) is 0 Å². The van der Waals surface area contributed by atoms with Crippen LogP contribution in [0.5, 0.6) is 11.5 Å². The molecule has 3 aromatic carbocycles. The first-order valence-corrected chi connectivity index (χ1v) is 17.1. The Hall–Kier alpha value is -4.50. The zero-order valence-electron chi connectivity index (χ0n) is 27.3. The molecule has 4 N–H and O–H groups in total. The molecule has 1 fully saturated rings. The number of primary amides is 1. The van der Waals surface area contributed by atoms with Gasteiger partial charge in [-0.1, -0.05) is 18.2 Å². The van der Waals surface area contributed by atoms with Crippen LogP contribution in [-0.2, 0) is 23.1 Å². The Balaban J connectivity index is 0.00000338. The van der Waals surface area contributed by atoms with Crippen molar-refractivity contribution in [3.63, 3.8) is 0 Å². The van der Waals surface area contributed by atoms with Crippen molar-refractivity contribution >= 4 is 58.2 Å². The highest BCUT2D eigenvalue weighted by Gasteiger charge is 2.30. The number of anilines is 2. The molecule has 11 nitrogen and oxygen atoms in total. The van der Waals surface area contributed by atoms with E-state index in [1.54, 1.807) is 41.4 Å². The Morgan fingerprint density at radius 2 is 1.60 bits per heavy atom. The van der Waals surface area contributed by atoms with E-state index in [1.807, 2.05) is 37.3 Å². The summed E-state index contributed by atoms with van der Waals surface area (Å²) >= 11 is 0. The smallest absolute Gasteiger partial charge is 0.322 e. The second-order valence-electron chi connectivity index (χ2n) is 11.7. The van der Waals surface area contributed by atoms with Crippen LogP contribution in [0.4, 0.5) is 25.0 Å². The van der Waals surface area contributed by atoms with E-state index in [2.05, 4.69) is 19.9 Å². The number of rotatable bonds is 11. The summed E-state index contributed by atoms with van der Waals surface area (Å²) in [5.74, 6) is -2.01. The lowest BCUT2D eigenvalue weighted by Crippen LogP contribution is -2.48. The van der Waals surface area contributed by atoms with Gasteiger partial charge in [0.25, 0.3) is 5.91 Å². The quantitative estimate of drug-likeness (QED) is 0.159. The van der Waals surface area contributed by atoms with E-state index in [-0.39, 0.29) is 43.1 Å². The number of hydrogen-bond donors (Lipinski definition) is 3. The van der Waals surface area contributed by atoms with Gasteiger partial charge >= 0.3 is 6.03 Å². The Labute approximate surface area is 302 Å². The summed E-state index contributed by atoms with van der Waals surface area (Å²) < 4.78 is 59.8. The number of pyridine rings is 1. The van der Waals surface area contributed by atoms with Crippen LogP contribution in [-0.4, -0.2) is 60.5 Å². The van der Waals surface area contributed by atoms with Crippen LogP contribution < -0.4 is 20.5 Å². The molecule has 0 atom stereocenters. The maximum Gasteiger partial charge on any atom is 0.322 e. The number of likely N-dealkylation sites (tertiary alicyclic amines) is 1. The zero-order valence-corrected chi connectivity index (χ0v) is 29.7. The molecule has 2 heterocycles. The predicted molar refractivity (Wildman–Crippen MR) is 193 cm³/mol. The normalized spacial score (nSPS) is 13.4. The Morgan fingerprint density at radius 1 is 0.980 bits per heavy atom. The van der Waals surface area contributed by atoms with Crippen LogP contribution in [0.15, 0.2) is 79.0 Å².